The van der Waals surface area contributed by atoms with Crippen LogP contribution in [0.25, 0.3) is 0 Å². The van der Waals surface area contributed by atoms with Gasteiger partial charge in [0.05, 0.1) is 5.03 Å². The summed E-state index contributed by atoms with van der Waals surface area (Å²) in [7, 11) is -6.28. The summed E-state index contributed by atoms with van der Waals surface area (Å²) in [4.78, 5) is 22.3. The molecule has 1 rings (SSSR count). The Hall–Kier alpha value is -0.160. The highest BCUT2D eigenvalue weighted by molar-refractivity contribution is 8.10. The van der Waals surface area contributed by atoms with E-state index in [1.807, 2.05) is 0 Å². The van der Waals surface area contributed by atoms with Crippen LogP contribution in [-0.4, -0.2) is 26.6 Å². The van der Waals surface area contributed by atoms with Gasteiger partial charge in [-0.2, -0.15) is 0 Å². The number of hydrogen-bond donors (Lipinski definition) is 2. The standard InChI is InChI=1S/C7H11NO5P2S/c1-13-15(11,12)7(14(9)10)16-6-4-2-3-5-8-6/h2-5,7,14H,1H3,(H,9,10)(H,11,12)/t7-/m0/s1. The Morgan fingerprint density at radius 2 is 2.31 bits per heavy atom. The highest BCUT2D eigenvalue weighted by Crippen LogP contribution is 2.61. The highest BCUT2D eigenvalue weighted by Gasteiger charge is 2.37. The third-order valence-corrected chi connectivity index (χ3v) is 7.60. The van der Waals surface area contributed by atoms with Crippen molar-refractivity contribution < 1.29 is 23.4 Å². The first-order chi connectivity index (χ1) is 7.47. The van der Waals surface area contributed by atoms with Crippen LogP contribution in [0, 0.1) is 0 Å². The lowest BCUT2D eigenvalue weighted by atomic mass is 10.5. The predicted octanol–water partition coefficient (Wildman–Crippen LogP) is 1.76. The molecule has 0 aliphatic carbocycles. The third kappa shape index (κ3) is 3.70. The monoisotopic (exact) mass is 283 g/mol. The van der Waals surface area contributed by atoms with Gasteiger partial charge in [0.1, 0.15) is 0 Å². The van der Waals surface area contributed by atoms with Gasteiger partial charge in [0, 0.05) is 13.3 Å². The molecule has 2 N–H and O–H groups in total. The summed E-state index contributed by atoms with van der Waals surface area (Å²) in [6.45, 7) is 0. The van der Waals surface area contributed by atoms with Gasteiger partial charge in [0.2, 0.25) is 8.03 Å². The molecule has 2 unspecified atom stereocenters. The van der Waals surface area contributed by atoms with Crippen LogP contribution >= 0.6 is 27.4 Å². The minimum atomic E-state index is -4.10. The molecule has 0 radical (unpaired) electrons. The van der Waals surface area contributed by atoms with E-state index in [1.165, 1.54) is 6.20 Å². The van der Waals surface area contributed by atoms with Crippen LogP contribution in [0.3, 0.4) is 0 Å². The second kappa shape index (κ2) is 5.96. The Kier molecular flexibility index (Phi) is 5.18. The van der Waals surface area contributed by atoms with Crippen molar-refractivity contribution in [3.05, 3.63) is 24.4 Å². The van der Waals surface area contributed by atoms with Crippen molar-refractivity contribution >= 4 is 27.4 Å². The molecular weight excluding hydrogens is 272 g/mol. The smallest absolute Gasteiger partial charge is 0.345 e. The molecule has 1 aromatic heterocycles. The van der Waals surface area contributed by atoms with Crippen LogP contribution in [-0.2, 0) is 13.7 Å². The molecular formula is C7H11NO5P2S. The maximum absolute atomic E-state index is 11.5. The zero-order chi connectivity index (χ0) is 12.2. The molecule has 90 valence electrons. The minimum absolute atomic E-state index is 0.395. The van der Waals surface area contributed by atoms with E-state index >= 15 is 0 Å². The van der Waals surface area contributed by atoms with Gasteiger partial charge in [-0.1, -0.05) is 17.8 Å². The Labute approximate surface area is 97.5 Å². The molecule has 0 amide bonds. The molecule has 16 heavy (non-hydrogen) atoms. The second-order valence-electron chi connectivity index (χ2n) is 2.72. The van der Waals surface area contributed by atoms with Crippen LogP contribution in [0.2, 0.25) is 0 Å². The van der Waals surface area contributed by atoms with E-state index in [0.29, 0.717) is 5.03 Å². The molecule has 0 aliphatic rings. The lowest BCUT2D eigenvalue weighted by Gasteiger charge is -2.17. The minimum Gasteiger partial charge on any atom is -0.345 e. The van der Waals surface area contributed by atoms with Crippen LogP contribution in [0.15, 0.2) is 29.4 Å². The summed E-state index contributed by atoms with van der Waals surface area (Å²) in [6, 6.07) is 4.93. The lowest BCUT2D eigenvalue weighted by molar-refractivity contribution is 0.317. The largest absolute Gasteiger partial charge is 0.350 e. The average Bonchev–Trinajstić information content (AvgIpc) is 2.26. The third-order valence-electron chi connectivity index (χ3n) is 1.64. The van der Waals surface area contributed by atoms with Gasteiger partial charge >= 0.3 is 7.60 Å². The Balaban J connectivity index is 2.90. The zero-order valence-corrected chi connectivity index (χ0v) is 11.0. The first-order valence-corrected chi connectivity index (χ1v) is 8.12. The SMILES string of the molecule is COP(=O)(O)[C@@H](Sc1ccccn1)[PH](=O)O. The molecule has 0 fully saturated rings. The van der Waals surface area contributed by atoms with E-state index in [9.17, 15) is 14.0 Å². The molecule has 1 aromatic rings. The summed E-state index contributed by atoms with van der Waals surface area (Å²) >= 11 is 0.762. The molecule has 0 aliphatic heterocycles. The second-order valence-corrected chi connectivity index (χ2v) is 8.37. The zero-order valence-electron chi connectivity index (χ0n) is 8.31. The normalized spacial score (nSPS) is 18.7. The van der Waals surface area contributed by atoms with Crippen LogP contribution in [0.5, 0.6) is 0 Å². The van der Waals surface area contributed by atoms with Crippen LogP contribution in [0.4, 0.5) is 0 Å². The van der Waals surface area contributed by atoms with Crippen molar-refractivity contribution in [1.82, 2.24) is 4.98 Å². The van der Waals surface area contributed by atoms with Gasteiger partial charge < -0.3 is 14.3 Å². The summed E-state index contributed by atoms with van der Waals surface area (Å²) in [5.74, 6) is 0. The molecule has 0 saturated heterocycles. The Morgan fingerprint density at radius 3 is 2.75 bits per heavy atom. The maximum Gasteiger partial charge on any atom is 0.350 e. The number of hydrogen-bond acceptors (Lipinski definition) is 5. The van der Waals surface area contributed by atoms with Gasteiger partial charge in [-0.25, -0.2) is 4.98 Å². The van der Waals surface area contributed by atoms with E-state index in [1.54, 1.807) is 18.2 Å². The van der Waals surface area contributed by atoms with E-state index in [-0.39, 0.29) is 0 Å². The fraction of sp³-hybridized carbons (Fsp3) is 0.286. The van der Waals surface area contributed by atoms with Crippen molar-refractivity contribution in [2.45, 2.75) is 9.76 Å². The van der Waals surface area contributed by atoms with Gasteiger partial charge in [-0.3, -0.25) is 9.13 Å². The van der Waals surface area contributed by atoms with E-state index in [2.05, 4.69) is 9.51 Å². The van der Waals surface area contributed by atoms with E-state index < -0.39 is 20.4 Å². The van der Waals surface area contributed by atoms with E-state index in [0.717, 1.165) is 18.9 Å². The molecule has 3 atom stereocenters. The molecule has 0 spiro atoms. The summed E-state index contributed by atoms with van der Waals surface area (Å²) in [5, 5.41) is 0.395. The van der Waals surface area contributed by atoms with Crippen molar-refractivity contribution in [1.29, 1.82) is 0 Å². The first kappa shape index (κ1) is 13.9. The van der Waals surface area contributed by atoms with Crippen molar-refractivity contribution in [3.8, 4) is 0 Å². The molecule has 9 heteroatoms. The maximum atomic E-state index is 11.5. The summed E-state index contributed by atoms with van der Waals surface area (Å²) < 4.78 is 25.5. The molecule has 0 aromatic carbocycles. The topological polar surface area (TPSA) is 96.7 Å². The molecule has 0 saturated carbocycles. The molecule has 6 nitrogen and oxygen atoms in total. The van der Waals surface area contributed by atoms with E-state index in [4.69, 9.17) is 4.89 Å². The van der Waals surface area contributed by atoms with Gasteiger partial charge in [-0.05, 0) is 12.1 Å². The quantitative estimate of drug-likeness (QED) is 0.627. The highest BCUT2D eigenvalue weighted by atomic mass is 32.2. The van der Waals surface area contributed by atoms with Crippen molar-refractivity contribution in [3.63, 3.8) is 0 Å². The van der Waals surface area contributed by atoms with Crippen LogP contribution in [0.1, 0.15) is 0 Å². The number of thioether (sulfide) groups is 1. The fourth-order valence-corrected chi connectivity index (χ4v) is 4.90. The number of rotatable bonds is 5. The fourth-order valence-electron chi connectivity index (χ4n) is 0.883. The summed E-state index contributed by atoms with van der Waals surface area (Å²) in [6.07, 6.45) is 1.49. The number of aromatic nitrogens is 1. The van der Waals surface area contributed by atoms with Crippen LogP contribution < -0.4 is 0 Å². The van der Waals surface area contributed by atoms with Gasteiger partial charge in [-0.15, -0.1) is 0 Å². The van der Waals surface area contributed by atoms with Gasteiger partial charge in [0.25, 0.3) is 0 Å². The predicted molar refractivity (Wildman–Crippen MR) is 61.9 cm³/mol. The van der Waals surface area contributed by atoms with Crippen molar-refractivity contribution in [2.24, 2.45) is 0 Å². The Morgan fingerprint density at radius 1 is 1.62 bits per heavy atom. The summed E-state index contributed by atoms with van der Waals surface area (Å²) in [5.41, 5.74) is 0. The molecule has 0 bridgehead atoms. The number of nitrogens with zero attached hydrogens (tertiary/aromatic N) is 1. The number of pyridine rings is 1. The average molecular weight is 283 g/mol. The first-order valence-electron chi connectivity index (χ1n) is 4.16. The lowest BCUT2D eigenvalue weighted by Crippen LogP contribution is -2.00. The van der Waals surface area contributed by atoms with Crippen molar-refractivity contribution in [2.75, 3.05) is 7.11 Å². The van der Waals surface area contributed by atoms with Gasteiger partial charge in [0.15, 0.2) is 4.73 Å². The molecule has 1 heterocycles. The Bertz CT molecular complexity index is 414.